The minimum Gasteiger partial charge on any atom is -0.497 e. The van der Waals surface area contributed by atoms with Crippen molar-refractivity contribution in [2.45, 2.75) is 12.7 Å². The highest BCUT2D eigenvalue weighted by Crippen LogP contribution is 2.30. The summed E-state index contributed by atoms with van der Waals surface area (Å²) in [7, 11) is -0.817. The third-order valence-electron chi connectivity index (χ3n) is 6.08. The number of rotatable bonds is 7. The smallest absolute Gasteiger partial charge is 0.199 e. The molecular formula is C30H28O2Si. The third kappa shape index (κ3) is 4.76. The molecule has 1 unspecified atom stereocenters. The van der Waals surface area contributed by atoms with Crippen molar-refractivity contribution < 1.29 is 9.84 Å². The first kappa shape index (κ1) is 22.6. The second-order valence-electron chi connectivity index (χ2n) is 8.11. The predicted molar refractivity (Wildman–Crippen MR) is 139 cm³/mol. The second-order valence-corrected chi connectivity index (χ2v) is 12.0. The van der Waals surface area contributed by atoms with E-state index in [2.05, 4.69) is 60.8 Å². The van der Waals surface area contributed by atoms with Crippen LogP contribution in [0.2, 0.25) is 6.55 Å². The van der Waals surface area contributed by atoms with Crippen molar-refractivity contribution in [2.24, 2.45) is 0 Å². The van der Waals surface area contributed by atoms with E-state index >= 15 is 0 Å². The van der Waals surface area contributed by atoms with Gasteiger partial charge in [-0.05, 0) is 21.5 Å². The SMILES string of the molecule is COC(=C=C(c1ccccc1)C(O)c1ccccc1)[Si](C)(c1ccccc1)c1ccccc1. The molecule has 0 spiro atoms. The molecule has 4 aromatic rings. The van der Waals surface area contributed by atoms with Gasteiger partial charge in [-0.1, -0.05) is 134 Å². The molecule has 1 atom stereocenters. The summed E-state index contributed by atoms with van der Waals surface area (Å²) in [6.45, 7) is 2.28. The monoisotopic (exact) mass is 448 g/mol. The standard InChI is InChI=1S/C30H28O2Si/c1-32-29(33(2,26-19-11-5-12-20-26)27-21-13-6-14-22-27)23-28(24-15-7-3-8-16-24)30(31)25-17-9-4-10-18-25/h3-22,30-31H,1-2H3. The third-order valence-corrected chi connectivity index (χ3v) is 10.3. The first-order valence-corrected chi connectivity index (χ1v) is 13.6. The maximum Gasteiger partial charge on any atom is 0.199 e. The summed E-state index contributed by atoms with van der Waals surface area (Å²) in [6.07, 6.45) is -0.830. The second kappa shape index (κ2) is 10.3. The molecule has 4 aromatic carbocycles. The molecule has 33 heavy (non-hydrogen) atoms. The summed E-state index contributed by atoms with van der Waals surface area (Å²) in [5, 5.41) is 14.7. The summed E-state index contributed by atoms with van der Waals surface area (Å²) in [5.41, 5.74) is 6.02. The van der Waals surface area contributed by atoms with E-state index in [1.807, 2.05) is 72.8 Å². The fourth-order valence-corrected chi connectivity index (χ4v) is 7.56. The van der Waals surface area contributed by atoms with Crippen LogP contribution >= 0.6 is 0 Å². The maximum absolute atomic E-state index is 11.4. The highest BCUT2D eigenvalue weighted by Gasteiger charge is 2.38. The number of aliphatic hydroxyl groups excluding tert-OH is 1. The van der Waals surface area contributed by atoms with Gasteiger partial charge in [0.2, 0.25) is 0 Å². The zero-order valence-corrected chi connectivity index (χ0v) is 20.0. The van der Waals surface area contributed by atoms with Crippen LogP contribution in [-0.2, 0) is 4.74 Å². The molecule has 2 nitrogen and oxygen atoms in total. The van der Waals surface area contributed by atoms with E-state index < -0.39 is 14.2 Å². The number of methoxy groups -OCH3 is 1. The highest BCUT2D eigenvalue weighted by atomic mass is 28.3. The molecule has 0 aliphatic heterocycles. The van der Waals surface area contributed by atoms with E-state index in [0.29, 0.717) is 5.57 Å². The molecule has 0 bridgehead atoms. The number of aliphatic hydroxyl groups is 1. The van der Waals surface area contributed by atoms with E-state index in [0.717, 1.165) is 16.5 Å². The van der Waals surface area contributed by atoms with Gasteiger partial charge in [0.25, 0.3) is 0 Å². The van der Waals surface area contributed by atoms with E-state index in [1.54, 1.807) is 7.11 Å². The van der Waals surface area contributed by atoms with Crippen LogP contribution in [0.15, 0.2) is 132 Å². The minimum atomic E-state index is -2.52. The van der Waals surface area contributed by atoms with Crippen LogP contribution in [0.4, 0.5) is 0 Å². The Balaban J connectivity index is 2.02. The zero-order chi connectivity index (χ0) is 23.1. The van der Waals surface area contributed by atoms with E-state index in [1.165, 1.54) is 10.4 Å². The Labute approximate surface area is 197 Å². The van der Waals surface area contributed by atoms with Crippen molar-refractivity contribution in [3.63, 3.8) is 0 Å². The number of hydrogen-bond acceptors (Lipinski definition) is 2. The van der Waals surface area contributed by atoms with Crippen molar-refractivity contribution in [1.29, 1.82) is 0 Å². The fourth-order valence-electron chi connectivity index (χ4n) is 4.19. The number of hydrogen-bond donors (Lipinski definition) is 1. The summed E-state index contributed by atoms with van der Waals surface area (Å²) < 4.78 is 6.10. The Bertz CT molecular complexity index is 1190. The van der Waals surface area contributed by atoms with Gasteiger partial charge in [0.05, 0.1) is 7.11 Å². The van der Waals surface area contributed by atoms with Crippen molar-refractivity contribution in [3.05, 3.63) is 144 Å². The molecular weight excluding hydrogens is 420 g/mol. The summed E-state index contributed by atoms with van der Waals surface area (Å²) in [6, 6.07) is 40.6. The fraction of sp³-hybridized carbons (Fsp3) is 0.100. The lowest BCUT2D eigenvalue weighted by Gasteiger charge is -2.29. The molecule has 0 radical (unpaired) electrons. The van der Waals surface area contributed by atoms with Gasteiger partial charge in [-0.25, -0.2) is 0 Å². The lowest BCUT2D eigenvalue weighted by atomic mass is 9.96. The first-order chi connectivity index (χ1) is 16.1. The Morgan fingerprint density at radius 3 is 1.58 bits per heavy atom. The van der Waals surface area contributed by atoms with Gasteiger partial charge in [-0.3, -0.25) is 0 Å². The molecule has 4 rings (SSSR count). The Morgan fingerprint density at radius 1 is 0.697 bits per heavy atom. The largest absolute Gasteiger partial charge is 0.497 e. The van der Waals surface area contributed by atoms with E-state index in [9.17, 15) is 5.11 Å². The van der Waals surface area contributed by atoms with Gasteiger partial charge in [0.1, 0.15) is 11.5 Å². The molecule has 0 fully saturated rings. The van der Waals surface area contributed by atoms with Crippen LogP contribution in [0, 0.1) is 0 Å². The van der Waals surface area contributed by atoms with Crippen molar-refractivity contribution in [2.75, 3.05) is 7.11 Å². The minimum absolute atomic E-state index is 0.698. The molecule has 0 saturated carbocycles. The van der Waals surface area contributed by atoms with Gasteiger partial charge < -0.3 is 9.84 Å². The Morgan fingerprint density at radius 2 is 1.12 bits per heavy atom. The molecule has 0 saturated heterocycles. The zero-order valence-electron chi connectivity index (χ0n) is 19.0. The topological polar surface area (TPSA) is 29.5 Å². The summed E-state index contributed by atoms with van der Waals surface area (Å²) >= 11 is 0. The molecule has 0 aliphatic rings. The van der Waals surface area contributed by atoms with Crippen LogP contribution in [0.3, 0.4) is 0 Å². The van der Waals surface area contributed by atoms with Crippen LogP contribution in [0.5, 0.6) is 0 Å². The molecule has 0 aromatic heterocycles. The summed E-state index contributed by atoms with van der Waals surface area (Å²) in [4.78, 5) is 0. The summed E-state index contributed by atoms with van der Waals surface area (Å²) in [5.74, 6) is 0. The normalized spacial score (nSPS) is 11.8. The lowest BCUT2D eigenvalue weighted by molar-refractivity contribution is 0.238. The van der Waals surface area contributed by atoms with Gasteiger partial charge in [-0.15, -0.1) is 0 Å². The molecule has 0 heterocycles. The van der Waals surface area contributed by atoms with Gasteiger partial charge in [-0.2, -0.15) is 0 Å². The quantitative estimate of drug-likeness (QED) is 0.234. The number of ether oxygens (including phenoxy) is 1. The first-order valence-electron chi connectivity index (χ1n) is 11.1. The van der Waals surface area contributed by atoms with Crippen LogP contribution < -0.4 is 10.4 Å². The molecule has 0 amide bonds. The lowest BCUT2D eigenvalue weighted by Crippen LogP contribution is -2.57. The van der Waals surface area contributed by atoms with Gasteiger partial charge in [0.15, 0.2) is 8.07 Å². The average Bonchev–Trinajstić information content (AvgIpc) is 2.90. The van der Waals surface area contributed by atoms with Crippen LogP contribution in [0.1, 0.15) is 17.2 Å². The van der Waals surface area contributed by atoms with Crippen molar-refractivity contribution >= 4 is 24.0 Å². The molecule has 1 N–H and O–H groups in total. The predicted octanol–water partition coefficient (Wildman–Crippen LogP) is 5.37. The number of benzene rings is 4. The molecule has 0 aliphatic carbocycles. The Kier molecular flexibility index (Phi) is 7.06. The van der Waals surface area contributed by atoms with E-state index in [4.69, 9.17) is 4.74 Å². The van der Waals surface area contributed by atoms with Crippen molar-refractivity contribution in [3.8, 4) is 0 Å². The van der Waals surface area contributed by atoms with Crippen molar-refractivity contribution in [1.82, 2.24) is 0 Å². The van der Waals surface area contributed by atoms with Crippen LogP contribution in [0.25, 0.3) is 5.57 Å². The molecule has 3 heteroatoms. The average molecular weight is 449 g/mol. The van der Waals surface area contributed by atoms with Gasteiger partial charge in [0, 0.05) is 5.57 Å². The van der Waals surface area contributed by atoms with Gasteiger partial charge >= 0.3 is 0 Å². The maximum atomic E-state index is 11.4. The van der Waals surface area contributed by atoms with Crippen LogP contribution in [-0.4, -0.2) is 20.3 Å². The Hall–Kier alpha value is -3.62. The molecule has 164 valence electrons. The van der Waals surface area contributed by atoms with E-state index in [-0.39, 0.29) is 0 Å². The highest BCUT2D eigenvalue weighted by molar-refractivity contribution is 7.06.